The Bertz CT molecular complexity index is 1230. The van der Waals surface area contributed by atoms with Crippen molar-refractivity contribution in [1.82, 2.24) is 30.3 Å². The molecule has 3 aromatic heterocycles. The number of carbonyl (C=O) groups excluding carboxylic acids is 2. The molecule has 12 heteroatoms. The van der Waals surface area contributed by atoms with Crippen molar-refractivity contribution in [1.29, 1.82) is 0 Å². The molecule has 1 atom stereocenters. The second kappa shape index (κ2) is 10.2. The van der Waals surface area contributed by atoms with Crippen LogP contribution >= 0.6 is 34.8 Å². The summed E-state index contributed by atoms with van der Waals surface area (Å²) in [6.45, 7) is 10.6. The number of aryl methyl sites for hydroxylation is 2. The number of aromatic amines is 1. The van der Waals surface area contributed by atoms with E-state index in [1.807, 2.05) is 27.7 Å². The van der Waals surface area contributed by atoms with Gasteiger partial charge in [-0.25, -0.2) is 4.98 Å². The Morgan fingerprint density at radius 2 is 1.86 bits per heavy atom. The van der Waals surface area contributed by atoms with E-state index in [0.29, 0.717) is 11.3 Å². The van der Waals surface area contributed by atoms with Crippen LogP contribution in [0.25, 0.3) is 11.1 Å². The Morgan fingerprint density at radius 1 is 1.17 bits per heavy atom. The van der Waals surface area contributed by atoms with Crippen molar-refractivity contribution >= 4 is 52.4 Å². The number of nitrogens with one attached hydrogen (secondary N) is 3. The molecule has 0 aliphatic carbocycles. The lowest BCUT2D eigenvalue weighted by atomic mass is 9.94. The molecule has 2 amide bonds. The van der Waals surface area contributed by atoms with Crippen molar-refractivity contribution in [2.75, 3.05) is 5.32 Å². The summed E-state index contributed by atoms with van der Waals surface area (Å²) in [5.74, 6) is -0.833. The van der Waals surface area contributed by atoms with E-state index >= 15 is 0 Å². The minimum Gasteiger partial charge on any atom is -0.336 e. The lowest BCUT2D eigenvalue weighted by molar-refractivity contribution is -0.121. The van der Waals surface area contributed by atoms with Gasteiger partial charge in [0.15, 0.2) is 0 Å². The largest absolute Gasteiger partial charge is 0.336 e. The second-order valence-electron chi connectivity index (χ2n) is 9.09. The first-order valence-corrected chi connectivity index (χ1v) is 12.1. The molecule has 9 nitrogen and oxygen atoms in total. The molecule has 188 valence electrons. The van der Waals surface area contributed by atoms with Crippen LogP contribution in [0.5, 0.6) is 0 Å². The van der Waals surface area contributed by atoms with E-state index in [2.05, 4.69) is 30.9 Å². The highest BCUT2D eigenvalue weighted by molar-refractivity contribution is 6.48. The number of H-pyrrole nitrogens is 1. The number of anilines is 1. The van der Waals surface area contributed by atoms with Crippen molar-refractivity contribution in [3.05, 3.63) is 46.6 Å². The van der Waals surface area contributed by atoms with E-state index in [0.717, 1.165) is 17.0 Å². The summed E-state index contributed by atoms with van der Waals surface area (Å²) >= 11 is 19.0. The molecular formula is C23H28Cl3N7O2. The van der Waals surface area contributed by atoms with Gasteiger partial charge in [-0.15, -0.1) is 23.2 Å². The molecule has 0 saturated carbocycles. The van der Waals surface area contributed by atoms with Crippen molar-refractivity contribution in [3.63, 3.8) is 0 Å². The molecule has 0 aromatic carbocycles. The third-order valence-electron chi connectivity index (χ3n) is 5.43. The topological polar surface area (TPSA) is 118 Å². The summed E-state index contributed by atoms with van der Waals surface area (Å²) in [6.07, 6.45) is 1.45. The fraction of sp³-hybridized carbons (Fsp3) is 0.435. The molecule has 0 aliphatic rings. The molecule has 3 rings (SSSR count). The first-order valence-electron chi connectivity index (χ1n) is 11.0. The van der Waals surface area contributed by atoms with E-state index < -0.39 is 21.7 Å². The van der Waals surface area contributed by atoms with Gasteiger partial charge in [0, 0.05) is 35.5 Å². The fourth-order valence-corrected chi connectivity index (χ4v) is 4.70. The second-order valence-corrected chi connectivity index (χ2v) is 11.3. The standard InChI is InChI=1S/C23H28Cl3N7O2/c1-12(2)33-16(9-10-27-33)20(34)30-22(5,11-23(6,25)26)21(35)29-17-8-7-15(19(24)28-17)18-13(3)31-32-14(18)4/h7-10,12H,11H2,1-6H3,(H,30,34)(H,31,32)(H,28,29,35)/t22-/m0/s1. The fourth-order valence-electron chi connectivity index (χ4n) is 3.91. The maximum Gasteiger partial charge on any atom is 0.270 e. The quantitative estimate of drug-likeness (QED) is 0.267. The van der Waals surface area contributed by atoms with Gasteiger partial charge in [0.2, 0.25) is 0 Å². The average molecular weight is 541 g/mol. The summed E-state index contributed by atoms with van der Waals surface area (Å²) in [4.78, 5) is 30.8. The van der Waals surface area contributed by atoms with E-state index in [4.69, 9.17) is 34.8 Å². The van der Waals surface area contributed by atoms with Crippen LogP contribution in [0.1, 0.15) is 62.0 Å². The number of alkyl halides is 2. The number of aromatic nitrogens is 5. The van der Waals surface area contributed by atoms with Gasteiger partial charge >= 0.3 is 0 Å². The molecule has 0 fully saturated rings. The molecule has 3 heterocycles. The molecule has 0 radical (unpaired) electrons. The summed E-state index contributed by atoms with van der Waals surface area (Å²) in [5.41, 5.74) is 1.98. The minimum absolute atomic E-state index is 0.0514. The van der Waals surface area contributed by atoms with Crippen LogP contribution in [0.15, 0.2) is 24.4 Å². The SMILES string of the molecule is Cc1n[nH]c(C)c1-c1ccc(NC(=O)[C@](C)(CC(C)(Cl)Cl)NC(=O)c2ccnn2C(C)C)nc1Cl. The first kappa shape index (κ1) is 27.0. The highest BCUT2D eigenvalue weighted by Crippen LogP contribution is 2.33. The molecule has 0 aliphatic heterocycles. The predicted octanol–water partition coefficient (Wildman–Crippen LogP) is 5.23. The van der Waals surface area contributed by atoms with Gasteiger partial charge in [-0.3, -0.25) is 19.4 Å². The van der Waals surface area contributed by atoms with Crippen LogP contribution < -0.4 is 10.6 Å². The Labute approximate surface area is 218 Å². The highest BCUT2D eigenvalue weighted by atomic mass is 35.5. The third-order valence-corrected chi connectivity index (χ3v) is 5.99. The van der Waals surface area contributed by atoms with Gasteiger partial charge < -0.3 is 10.6 Å². The normalized spacial score (nSPS) is 13.5. The zero-order valence-corrected chi connectivity index (χ0v) is 22.6. The van der Waals surface area contributed by atoms with E-state index in [9.17, 15) is 9.59 Å². The smallest absolute Gasteiger partial charge is 0.270 e. The average Bonchev–Trinajstić information content (AvgIpc) is 3.34. The number of hydrogen-bond acceptors (Lipinski definition) is 5. The van der Waals surface area contributed by atoms with E-state index in [-0.39, 0.29) is 23.4 Å². The number of carbonyl (C=O) groups is 2. The number of amides is 2. The summed E-state index contributed by atoms with van der Waals surface area (Å²) < 4.78 is 0.261. The van der Waals surface area contributed by atoms with Gasteiger partial charge in [0.05, 0.1) is 5.69 Å². The summed E-state index contributed by atoms with van der Waals surface area (Å²) in [6, 6.07) is 4.90. The lowest BCUT2D eigenvalue weighted by Gasteiger charge is -2.33. The highest BCUT2D eigenvalue weighted by Gasteiger charge is 2.41. The van der Waals surface area contributed by atoms with E-state index in [1.165, 1.54) is 6.20 Å². The van der Waals surface area contributed by atoms with Crippen molar-refractivity contribution < 1.29 is 9.59 Å². The first-order chi connectivity index (χ1) is 16.2. The van der Waals surface area contributed by atoms with Gasteiger partial charge in [0.1, 0.15) is 26.5 Å². The monoisotopic (exact) mass is 539 g/mol. The number of hydrogen-bond donors (Lipinski definition) is 3. The molecule has 3 N–H and O–H groups in total. The molecular weight excluding hydrogens is 513 g/mol. The lowest BCUT2D eigenvalue weighted by Crippen LogP contribution is -2.57. The van der Waals surface area contributed by atoms with Crippen molar-refractivity contribution in [3.8, 4) is 11.1 Å². The molecule has 3 aromatic rings. The minimum atomic E-state index is -1.48. The van der Waals surface area contributed by atoms with Gasteiger partial charge in [0.25, 0.3) is 11.8 Å². The molecule has 0 bridgehead atoms. The molecule has 0 saturated heterocycles. The van der Waals surface area contributed by atoms with Crippen LogP contribution in [-0.4, -0.2) is 46.6 Å². The Hall–Kier alpha value is -2.62. The van der Waals surface area contributed by atoms with Gasteiger partial charge in [-0.1, -0.05) is 11.6 Å². The van der Waals surface area contributed by atoms with Crippen LogP contribution in [0.4, 0.5) is 5.82 Å². The number of nitrogens with zero attached hydrogens (tertiary/aromatic N) is 4. The molecule has 35 heavy (non-hydrogen) atoms. The Kier molecular flexibility index (Phi) is 7.83. The predicted molar refractivity (Wildman–Crippen MR) is 138 cm³/mol. The van der Waals surface area contributed by atoms with Crippen LogP contribution in [0.2, 0.25) is 5.15 Å². The molecule has 0 unspecified atom stereocenters. The Balaban J connectivity index is 1.88. The van der Waals surface area contributed by atoms with Gasteiger partial charge in [-0.05, 0) is 59.7 Å². The van der Waals surface area contributed by atoms with Crippen LogP contribution in [0, 0.1) is 13.8 Å². The third kappa shape index (κ3) is 6.15. The number of halogens is 3. The molecule has 0 spiro atoms. The zero-order valence-electron chi connectivity index (χ0n) is 20.3. The van der Waals surface area contributed by atoms with E-state index in [1.54, 1.807) is 36.7 Å². The zero-order chi connectivity index (χ0) is 26.1. The number of pyridine rings is 1. The Morgan fingerprint density at radius 3 is 2.40 bits per heavy atom. The van der Waals surface area contributed by atoms with Crippen molar-refractivity contribution in [2.24, 2.45) is 0 Å². The van der Waals surface area contributed by atoms with Crippen LogP contribution in [-0.2, 0) is 4.79 Å². The number of rotatable bonds is 8. The maximum absolute atomic E-state index is 13.4. The summed E-state index contributed by atoms with van der Waals surface area (Å²) in [7, 11) is 0. The summed E-state index contributed by atoms with van der Waals surface area (Å²) in [5, 5.41) is 17.0. The van der Waals surface area contributed by atoms with Crippen molar-refractivity contribution in [2.45, 2.75) is 63.9 Å². The maximum atomic E-state index is 13.4. The van der Waals surface area contributed by atoms with Crippen LogP contribution in [0.3, 0.4) is 0 Å². The van der Waals surface area contributed by atoms with Gasteiger partial charge in [-0.2, -0.15) is 10.2 Å².